The molecule has 5 nitrogen and oxygen atoms in total. The molecule has 1 rings (SSSR count). The zero-order chi connectivity index (χ0) is 15.9. The van der Waals surface area contributed by atoms with Crippen LogP contribution >= 0.6 is 12.6 Å². The fourth-order valence-corrected chi connectivity index (χ4v) is 3.38. The Morgan fingerprint density at radius 3 is 2.81 bits per heavy atom. The van der Waals surface area contributed by atoms with Crippen molar-refractivity contribution in [1.82, 2.24) is 4.31 Å². The quantitative estimate of drug-likeness (QED) is 0.333. The van der Waals surface area contributed by atoms with Gasteiger partial charge >= 0.3 is 0 Å². The Labute approximate surface area is 132 Å². The summed E-state index contributed by atoms with van der Waals surface area (Å²) in [6.07, 6.45) is 4.96. The lowest BCUT2D eigenvalue weighted by molar-refractivity contribution is 0.268. The second-order valence-corrected chi connectivity index (χ2v) is 7.03. The summed E-state index contributed by atoms with van der Waals surface area (Å²) in [4.78, 5) is 0. The Morgan fingerprint density at radius 1 is 1.57 bits per heavy atom. The van der Waals surface area contributed by atoms with E-state index in [-0.39, 0.29) is 16.9 Å². The van der Waals surface area contributed by atoms with Crippen molar-refractivity contribution in [1.29, 1.82) is 0 Å². The number of sulfonamides is 1. The number of ether oxygens (including phenoxy) is 1. The first-order chi connectivity index (χ1) is 9.91. The molecule has 1 fully saturated rings. The predicted octanol–water partition coefficient (Wildman–Crippen LogP) is 1.23. The molecule has 1 atom stereocenters. The van der Waals surface area contributed by atoms with Crippen molar-refractivity contribution in [2.45, 2.75) is 18.6 Å². The molecule has 0 aliphatic carbocycles. The van der Waals surface area contributed by atoms with Crippen LogP contribution in [-0.4, -0.2) is 37.7 Å². The Hall–Kier alpha value is -1.36. The second kappa shape index (κ2) is 8.17. The molecule has 7 heteroatoms. The van der Waals surface area contributed by atoms with E-state index < -0.39 is 10.0 Å². The van der Waals surface area contributed by atoms with Gasteiger partial charge in [-0.1, -0.05) is 12.5 Å². The van der Waals surface area contributed by atoms with Crippen molar-refractivity contribution >= 4 is 22.7 Å². The van der Waals surface area contributed by atoms with Crippen molar-refractivity contribution in [2.75, 3.05) is 19.7 Å². The van der Waals surface area contributed by atoms with Crippen LogP contribution in [0.1, 0.15) is 13.3 Å². The molecule has 1 aliphatic heterocycles. The average Bonchev–Trinajstić information content (AvgIpc) is 2.89. The van der Waals surface area contributed by atoms with Crippen molar-refractivity contribution in [2.24, 2.45) is 5.73 Å². The SMILES string of the molecule is C=C/C(=C\C=C(/N)S(=O)(=O)N1CCC(S)C1)OCC#CC. The lowest BCUT2D eigenvalue weighted by Gasteiger charge is -2.15. The highest BCUT2D eigenvalue weighted by Crippen LogP contribution is 2.20. The highest BCUT2D eigenvalue weighted by Gasteiger charge is 2.31. The summed E-state index contributed by atoms with van der Waals surface area (Å²) in [6, 6.07) is 0. The van der Waals surface area contributed by atoms with E-state index in [0.29, 0.717) is 18.8 Å². The minimum Gasteiger partial charge on any atom is -0.481 e. The van der Waals surface area contributed by atoms with Crippen LogP contribution < -0.4 is 5.73 Å². The molecule has 1 unspecified atom stereocenters. The number of hydrogen-bond donors (Lipinski definition) is 2. The van der Waals surface area contributed by atoms with Crippen molar-refractivity contribution in [3.63, 3.8) is 0 Å². The van der Waals surface area contributed by atoms with E-state index in [4.69, 9.17) is 10.5 Å². The van der Waals surface area contributed by atoms with Gasteiger partial charge in [-0.05, 0) is 31.6 Å². The number of thiol groups is 1. The Morgan fingerprint density at radius 2 is 2.29 bits per heavy atom. The summed E-state index contributed by atoms with van der Waals surface area (Å²) >= 11 is 4.28. The molecular formula is C14H20N2O3S2. The number of allylic oxidation sites excluding steroid dienone is 3. The number of nitrogens with two attached hydrogens (primary N) is 1. The van der Waals surface area contributed by atoms with E-state index in [1.165, 1.54) is 22.5 Å². The molecule has 0 bridgehead atoms. The maximum atomic E-state index is 12.2. The van der Waals surface area contributed by atoms with Gasteiger partial charge in [0.2, 0.25) is 0 Å². The van der Waals surface area contributed by atoms with Crippen molar-refractivity contribution in [3.05, 3.63) is 35.6 Å². The van der Waals surface area contributed by atoms with E-state index in [9.17, 15) is 8.42 Å². The third-order valence-corrected chi connectivity index (χ3v) is 5.03. The van der Waals surface area contributed by atoms with Crippen LogP contribution in [0.5, 0.6) is 0 Å². The maximum absolute atomic E-state index is 12.2. The molecular weight excluding hydrogens is 308 g/mol. The van der Waals surface area contributed by atoms with Gasteiger partial charge in [-0.2, -0.15) is 16.9 Å². The smallest absolute Gasteiger partial charge is 0.257 e. The monoisotopic (exact) mass is 328 g/mol. The molecule has 2 N–H and O–H groups in total. The van der Waals surface area contributed by atoms with Gasteiger partial charge in [0.25, 0.3) is 10.0 Å². The third-order valence-electron chi connectivity index (χ3n) is 2.86. The second-order valence-electron chi connectivity index (χ2n) is 4.36. The number of hydrogen-bond acceptors (Lipinski definition) is 5. The molecule has 0 aromatic carbocycles. The standard InChI is InChI=1S/C14H20N2O3S2/c1-3-5-10-19-12(4-2)6-7-14(15)21(17,18)16-9-8-13(20)11-16/h4,6-7,13,20H,2,8-11,15H2,1H3/b12-6+,14-7+. The zero-order valence-electron chi connectivity index (χ0n) is 11.9. The van der Waals surface area contributed by atoms with Crippen molar-refractivity contribution in [3.8, 4) is 11.8 Å². The van der Waals surface area contributed by atoms with Gasteiger partial charge in [-0.3, -0.25) is 0 Å². The first-order valence-electron chi connectivity index (χ1n) is 6.42. The van der Waals surface area contributed by atoms with Crippen LogP contribution in [0.2, 0.25) is 0 Å². The molecule has 0 aromatic rings. The third kappa shape index (κ3) is 5.16. The van der Waals surface area contributed by atoms with Gasteiger partial charge in [0.05, 0.1) is 0 Å². The molecule has 0 saturated carbocycles. The Balaban J connectivity index is 2.81. The van der Waals surface area contributed by atoms with Crippen LogP contribution in [0.4, 0.5) is 0 Å². The molecule has 0 amide bonds. The molecule has 116 valence electrons. The summed E-state index contributed by atoms with van der Waals surface area (Å²) in [5, 5.41) is -0.169. The number of nitrogens with zero attached hydrogens (tertiary/aromatic N) is 1. The molecule has 21 heavy (non-hydrogen) atoms. The van der Waals surface area contributed by atoms with E-state index in [2.05, 4.69) is 31.0 Å². The highest BCUT2D eigenvalue weighted by atomic mass is 32.2. The van der Waals surface area contributed by atoms with Gasteiger partial charge in [0.1, 0.15) is 17.4 Å². The van der Waals surface area contributed by atoms with Crippen LogP contribution in [0, 0.1) is 11.8 Å². The summed E-state index contributed by atoms with van der Waals surface area (Å²) in [5.41, 5.74) is 5.68. The van der Waals surface area contributed by atoms with Crippen LogP contribution in [-0.2, 0) is 14.8 Å². The summed E-state index contributed by atoms with van der Waals surface area (Å²) < 4.78 is 31.1. The largest absolute Gasteiger partial charge is 0.481 e. The molecule has 0 spiro atoms. The lowest BCUT2D eigenvalue weighted by atomic mass is 10.4. The van der Waals surface area contributed by atoms with Gasteiger partial charge in [-0.25, -0.2) is 8.42 Å². The van der Waals surface area contributed by atoms with Gasteiger partial charge in [0.15, 0.2) is 0 Å². The Kier molecular flexibility index (Phi) is 6.89. The first kappa shape index (κ1) is 17.7. The van der Waals surface area contributed by atoms with E-state index in [1.807, 2.05) is 0 Å². The minimum atomic E-state index is -3.64. The van der Waals surface area contributed by atoms with Crippen LogP contribution in [0.15, 0.2) is 35.6 Å². The normalized spacial score (nSPS) is 20.8. The molecule has 0 radical (unpaired) electrons. The minimum absolute atomic E-state index is 0.0582. The maximum Gasteiger partial charge on any atom is 0.257 e. The molecule has 1 heterocycles. The summed E-state index contributed by atoms with van der Waals surface area (Å²) in [6.45, 7) is 6.31. The first-order valence-corrected chi connectivity index (χ1v) is 8.38. The van der Waals surface area contributed by atoms with E-state index in [0.717, 1.165) is 6.42 Å². The summed E-state index contributed by atoms with van der Waals surface area (Å²) in [7, 11) is -3.64. The summed E-state index contributed by atoms with van der Waals surface area (Å²) in [5.74, 6) is 5.83. The van der Waals surface area contributed by atoms with Crippen molar-refractivity contribution < 1.29 is 13.2 Å². The van der Waals surface area contributed by atoms with Crippen LogP contribution in [0.25, 0.3) is 0 Å². The Bertz CT molecular complexity index is 597. The zero-order valence-corrected chi connectivity index (χ0v) is 13.7. The fourth-order valence-electron chi connectivity index (χ4n) is 1.69. The molecule has 1 saturated heterocycles. The number of rotatable bonds is 6. The average molecular weight is 328 g/mol. The van der Waals surface area contributed by atoms with E-state index >= 15 is 0 Å². The predicted molar refractivity (Wildman–Crippen MR) is 87.8 cm³/mol. The van der Waals surface area contributed by atoms with Gasteiger partial charge in [-0.15, -0.1) is 5.92 Å². The van der Waals surface area contributed by atoms with Crippen LogP contribution in [0.3, 0.4) is 0 Å². The molecule has 0 aromatic heterocycles. The van der Waals surface area contributed by atoms with Gasteiger partial charge in [0, 0.05) is 18.3 Å². The van der Waals surface area contributed by atoms with E-state index in [1.54, 1.807) is 6.92 Å². The topological polar surface area (TPSA) is 72.6 Å². The van der Waals surface area contributed by atoms with Gasteiger partial charge < -0.3 is 10.5 Å². The lowest BCUT2D eigenvalue weighted by Crippen LogP contribution is -2.32. The highest BCUT2D eigenvalue weighted by molar-refractivity contribution is 7.93. The molecule has 1 aliphatic rings. The fraction of sp³-hybridized carbons (Fsp3) is 0.429.